The summed E-state index contributed by atoms with van der Waals surface area (Å²) in [6, 6.07) is 180. The van der Waals surface area contributed by atoms with Crippen LogP contribution in [0.1, 0.15) is 0 Å². The van der Waals surface area contributed by atoms with Gasteiger partial charge in [-0.3, -0.25) is 13.7 Å². The van der Waals surface area contributed by atoms with Crippen LogP contribution in [-0.2, 0) is 0 Å². The predicted molar refractivity (Wildman–Crippen MR) is 588 cm³/mol. The third-order valence-electron chi connectivity index (χ3n) is 27.9. The van der Waals surface area contributed by atoms with Crippen LogP contribution in [0.15, 0.2) is 504 Å². The minimum atomic E-state index is 0.663. The fourth-order valence-corrected chi connectivity index (χ4v) is 22.7. The van der Waals surface area contributed by atoms with Crippen molar-refractivity contribution >= 4 is 162 Å². The van der Waals surface area contributed by atoms with Gasteiger partial charge in [-0.1, -0.05) is 352 Å². The monoisotopic (exact) mass is 1800 g/mol. The second-order valence-corrected chi connectivity index (χ2v) is 36.9. The lowest BCUT2D eigenvalue weighted by atomic mass is 10.0. The van der Waals surface area contributed by atoms with Gasteiger partial charge in [0.2, 0.25) is 5.95 Å². The fraction of sp³-hybridized carbons (Fsp3) is 0. The van der Waals surface area contributed by atoms with Crippen molar-refractivity contribution in [1.82, 2.24) is 42.8 Å². The van der Waals surface area contributed by atoms with Crippen LogP contribution in [0.25, 0.3) is 258 Å². The zero-order valence-electron chi connectivity index (χ0n) is 75.9. The molecule has 9 aromatic heterocycles. The Morgan fingerprint density at radius 1 is 0.157 bits per heavy atom. The Labute approximate surface area is 809 Å². The van der Waals surface area contributed by atoms with Crippen molar-refractivity contribution in [2.45, 2.75) is 0 Å². The maximum atomic E-state index is 5.24. The van der Waals surface area contributed by atoms with Crippen molar-refractivity contribution < 1.29 is 0 Å². The number of hydrogen-bond donors (Lipinski definition) is 0. The van der Waals surface area contributed by atoms with Gasteiger partial charge in [0.25, 0.3) is 0 Å². The van der Waals surface area contributed by atoms with Gasteiger partial charge < -0.3 is 9.13 Å². The summed E-state index contributed by atoms with van der Waals surface area (Å²) in [7, 11) is 0. The highest BCUT2D eigenvalue weighted by molar-refractivity contribution is 7.26. The molecule has 140 heavy (non-hydrogen) atoms. The standard InChI is InChI=1S/2C45H29N3.C40H25N3S/c2*1-3-13-30(14-4-1)37-29-45(46-40-20-10-7-17-34(37)40)48-42-22-12-9-19-36(42)39-28-32(24-26-44(39)48)31-23-25-43-38(27-31)35-18-8-11-21-41(35)47(43)33-15-5-2-6-16-33;1-3-12-26(13-4-1)34-25-35(27-14-5-2-6-15-27)42-40(41-34)43-36-20-9-7-16-30(36)33-24-28(22-23-37(33)43)29-18-11-19-32-31-17-8-10-21-38(31)44-39(29)32/h2*1-29H;1-25H. The molecule has 9 heterocycles. The topological polar surface area (TPSA) is 76.2 Å². The molecule has 0 saturated carbocycles. The molecule has 0 radical (unpaired) electrons. The molecule has 0 spiro atoms. The SMILES string of the molecule is c1ccc(-c2cc(-c3ccccc3)nc(-n3c4ccccc4c4cc(-c5cccc6c5sc5ccccc56)ccc43)n2)cc1.c1ccc(-c2cc(-n3c4ccccc4c4cc(-c5ccc6c(c5)c5ccccc5n6-c5ccccc5)ccc43)nc3ccccc23)cc1.c1ccc(-c2cc(-n3c4ccccc4c4cc(-c5ccc6c(c5)c5ccccc5n6-c5ccccc5)ccc43)nc3ccccc23)cc1. The molecule has 0 atom stereocenters. The van der Waals surface area contributed by atoms with Crippen molar-refractivity contribution in [2.24, 2.45) is 0 Å². The number of hydrogen-bond acceptors (Lipinski definition) is 5. The summed E-state index contributed by atoms with van der Waals surface area (Å²) in [5, 5.41) is 17.2. The Hall–Kier alpha value is -18.5. The van der Waals surface area contributed by atoms with Gasteiger partial charge in [-0.15, -0.1) is 11.3 Å². The third kappa shape index (κ3) is 13.8. The van der Waals surface area contributed by atoms with E-state index in [1.54, 1.807) is 0 Å². The minimum absolute atomic E-state index is 0.663. The third-order valence-corrected chi connectivity index (χ3v) is 29.1. The van der Waals surface area contributed by atoms with Gasteiger partial charge in [-0.05, 0) is 207 Å². The van der Waals surface area contributed by atoms with Crippen LogP contribution in [0.5, 0.6) is 0 Å². The van der Waals surface area contributed by atoms with E-state index in [-0.39, 0.29) is 0 Å². The summed E-state index contributed by atoms with van der Waals surface area (Å²) in [4.78, 5) is 20.8. The summed E-state index contributed by atoms with van der Waals surface area (Å²) < 4.78 is 14.2. The minimum Gasteiger partial charge on any atom is -0.309 e. The summed E-state index contributed by atoms with van der Waals surface area (Å²) >= 11 is 1.87. The number of pyridine rings is 2. The molecule has 0 aliphatic heterocycles. The molecule has 9 nitrogen and oxygen atoms in total. The van der Waals surface area contributed by atoms with E-state index in [1.807, 2.05) is 23.5 Å². The van der Waals surface area contributed by atoms with E-state index < -0.39 is 0 Å². The zero-order valence-corrected chi connectivity index (χ0v) is 76.7. The lowest BCUT2D eigenvalue weighted by Gasteiger charge is -2.13. The van der Waals surface area contributed by atoms with Crippen LogP contribution in [0.2, 0.25) is 0 Å². The molecule has 0 N–H and O–H groups in total. The Morgan fingerprint density at radius 2 is 0.443 bits per heavy atom. The van der Waals surface area contributed by atoms with Crippen LogP contribution in [0, 0.1) is 0 Å². The number of thiophene rings is 1. The number of para-hydroxylation sites is 9. The van der Waals surface area contributed by atoms with Gasteiger partial charge in [0.1, 0.15) is 11.6 Å². The average molecular weight is 1800 g/mol. The molecule has 29 aromatic rings. The highest BCUT2D eigenvalue weighted by Gasteiger charge is 2.25. The van der Waals surface area contributed by atoms with E-state index >= 15 is 0 Å². The normalized spacial score (nSPS) is 11.7. The molecule has 20 aromatic carbocycles. The highest BCUT2D eigenvalue weighted by Crippen LogP contribution is 2.47. The molecule has 0 aliphatic carbocycles. The van der Waals surface area contributed by atoms with E-state index in [1.165, 1.54) is 163 Å². The molecule has 29 rings (SSSR count). The van der Waals surface area contributed by atoms with E-state index in [9.17, 15) is 0 Å². The average Bonchev–Trinajstić information content (AvgIpc) is 1.58. The largest absolute Gasteiger partial charge is 0.309 e. The maximum absolute atomic E-state index is 5.24. The van der Waals surface area contributed by atoms with Crippen molar-refractivity contribution in [3.05, 3.63) is 504 Å². The summed E-state index contributed by atoms with van der Waals surface area (Å²) in [5.41, 5.74) is 31.8. The Morgan fingerprint density at radius 3 is 0.843 bits per heavy atom. The summed E-state index contributed by atoms with van der Waals surface area (Å²) in [5.74, 6) is 2.50. The van der Waals surface area contributed by atoms with Crippen LogP contribution >= 0.6 is 11.3 Å². The molecule has 0 unspecified atom stereocenters. The number of fused-ring (bicyclic) bond motifs is 20. The molecule has 654 valence electrons. The van der Waals surface area contributed by atoms with Gasteiger partial charge in [-0.2, -0.15) is 0 Å². The Bertz CT molecular complexity index is 9500. The summed E-state index contributed by atoms with van der Waals surface area (Å²) in [6.45, 7) is 0. The van der Waals surface area contributed by atoms with Crippen molar-refractivity contribution in [1.29, 1.82) is 0 Å². The van der Waals surface area contributed by atoms with Crippen LogP contribution in [-0.4, -0.2) is 42.8 Å². The van der Waals surface area contributed by atoms with Gasteiger partial charge in [0.15, 0.2) is 0 Å². The lowest BCUT2D eigenvalue weighted by molar-refractivity contribution is 0.995. The Balaban J connectivity index is 0.000000106. The first-order valence-electron chi connectivity index (χ1n) is 47.6. The quantitative estimate of drug-likeness (QED) is 0.122. The number of benzene rings is 20. The zero-order chi connectivity index (χ0) is 92.2. The molecular weight excluding hydrogens is 1720 g/mol. The number of aromatic nitrogens is 9. The van der Waals surface area contributed by atoms with Gasteiger partial charge in [0, 0.05) is 107 Å². The molecule has 0 saturated heterocycles. The summed E-state index contributed by atoms with van der Waals surface area (Å²) in [6.07, 6.45) is 0. The Kier molecular flexibility index (Phi) is 19.6. The molecular formula is C130H83N9S. The molecule has 0 fully saturated rings. The maximum Gasteiger partial charge on any atom is 0.235 e. The van der Waals surface area contributed by atoms with Crippen LogP contribution < -0.4 is 0 Å². The van der Waals surface area contributed by atoms with E-state index in [0.717, 1.165) is 89.1 Å². The van der Waals surface area contributed by atoms with Gasteiger partial charge in [-0.25, -0.2) is 19.9 Å². The second kappa shape index (κ2) is 33.9. The van der Waals surface area contributed by atoms with Crippen LogP contribution in [0.4, 0.5) is 0 Å². The molecule has 0 bridgehead atoms. The van der Waals surface area contributed by atoms with E-state index in [4.69, 9.17) is 19.9 Å². The van der Waals surface area contributed by atoms with Gasteiger partial charge in [0.05, 0.1) is 77.6 Å². The first kappa shape index (κ1) is 81.1. The smallest absolute Gasteiger partial charge is 0.235 e. The fourth-order valence-electron chi connectivity index (χ4n) is 21.5. The lowest BCUT2D eigenvalue weighted by Crippen LogP contribution is -2.03. The molecule has 0 aliphatic rings. The number of rotatable bonds is 12. The van der Waals surface area contributed by atoms with Crippen molar-refractivity contribution in [3.8, 4) is 107 Å². The highest BCUT2D eigenvalue weighted by atomic mass is 32.1. The molecule has 0 amide bonds. The second-order valence-electron chi connectivity index (χ2n) is 35.9. The van der Waals surface area contributed by atoms with Crippen molar-refractivity contribution in [3.63, 3.8) is 0 Å². The van der Waals surface area contributed by atoms with E-state index in [2.05, 4.69) is 514 Å². The predicted octanol–water partition coefficient (Wildman–Crippen LogP) is 34.5. The molecule has 10 heteroatoms. The van der Waals surface area contributed by atoms with Gasteiger partial charge >= 0.3 is 0 Å². The first-order chi connectivity index (χ1) is 69.4. The van der Waals surface area contributed by atoms with E-state index in [0.29, 0.717) is 5.95 Å². The van der Waals surface area contributed by atoms with Crippen LogP contribution in [0.3, 0.4) is 0 Å². The first-order valence-corrected chi connectivity index (χ1v) is 48.4. The number of nitrogens with zero attached hydrogens (tertiary/aromatic N) is 9. The van der Waals surface area contributed by atoms with Crippen molar-refractivity contribution in [2.75, 3.05) is 0 Å².